The molecule has 0 aliphatic rings. The predicted octanol–water partition coefficient (Wildman–Crippen LogP) is 0.822. The second kappa shape index (κ2) is 3.75. The van der Waals surface area contributed by atoms with Crippen LogP contribution in [0.25, 0.3) is 5.53 Å². The average Bonchev–Trinajstić information content (AvgIpc) is 1.63. The summed E-state index contributed by atoms with van der Waals surface area (Å²) in [5, 5.41) is 0. The van der Waals surface area contributed by atoms with Crippen LogP contribution in [0.3, 0.4) is 0 Å². The molecule has 0 unspecified atom stereocenters. The van der Waals surface area contributed by atoms with E-state index in [2.05, 4.69) is 4.79 Å². The maximum atomic E-state index is 10.5. The van der Waals surface area contributed by atoms with Gasteiger partial charge in [0, 0.05) is 0 Å². The highest BCUT2D eigenvalue weighted by molar-refractivity contribution is 6.30. The van der Waals surface area contributed by atoms with Gasteiger partial charge in [-0.05, 0) is 19.9 Å². The van der Waals surface area contributed by atoms with Crippen molar-refractivity contribution < 1.29 is 9.58 Å². The van der Waals surface area contributed by atoms with Crippen molar-refractivity contribution in [3.63, 3.8) is 0 Å². The lowest BCUT2D eigenvalue weighted by atomic mass is 10.3. The van der Waals surface area contributed by atoms with Gasteiger partial charge in [-0.2, -0.15) is 4.79 Å². The van der Waals surface area contributed by atoms with Crippen molar-refractivity contribution in [2.24, 2.45) is 0 Å². The first-order valence-corrected chi connectivity index (χ1v) is 2.53. The third-order valence-corrected chi connectivity index (χ3v) is 0.616. The highest BCUT2D eigenvalue weighted by Crippen LogP contribution is 1.85. The summed E-state index contributed by atoms with van der Waals surface area (Å²) in [7, 11) is 0. The number of ketones is 1. The maximum Gasteiger partial charge on any atom is 0.327 e. The molecule has 0 aromatic carbocycles. The molecule has 9 heavy (non-hydrogen) atoms. The molecule has 0 saturated heterocycles. The van der Waals surface area contributed by atoms with Gasteiger partial charge in [0.25, 0.3) is 5.78 Å². The Morgan fingerprint density at radius 1 is 1.56 bits per heavy atom. The quantitative estimate of drug-likeness (QED) is 0.233. The molecule has 0 radical (unpaired) electrons. The molecule has 0 aromatic rings. The number of carbonyl (C=O) groups excluding carboxylic acids is 1. The van der Waals surface area contributed by atoms with E-state index in [0.717, 1.165) is 11.8 Å². The summed E-state index contributed by atoms with van der Waals surface area (Å²) in [6.07, 6.45) is 2.24. The number of nitrogens with zero attached hydrogens (tertiary/aromatic N) is 2. The van der Waals surface area contributed by atoms with E-state index in [0.29, 0.717) is 0 Å². The van der Waals surface area contributed by atoms with Crippen LogP contribution in [0.2, 0.25) is 0 Å². The lowest BCUT2D eigenvalue weighted by Crippen LogP contribution is -1.94. The van der Waals surface area contributed by atoms with E-state index < -0.39 is 0 Å². The minimum atomic E-state index is -0.294. The fraction of sp³-hybridized carbons (Fsp3) is 0.333. The Hall–Kier alpha value is -1.21. The smallest absolute Gasteiger partial charge is 0.327 e. The van der Waals surface area contributed by atoms with Gasteiger partial charge in [-0.25, -0.2) is 0 Å². The van der Waals surface area contributed by atoms with Crippen molar-refractivity contribution in [2.75, 3.05) is 0 Å². The Morgan fingerprint density at radius 2 is 2.11 bits per heavy atom. The SMILES string of the molecule is CC(C)=CC(=O)C=[N+]=[N-]. The topological polar surface area (TPSA) is 53.5 Å². The van der Waals surface area contributed by atoms with Gasteiger partial charge in [0.05, 0.1) is 0 Å². The van der Waals surface area contributed by atoms with E-state index in [4.69, 9.17) is 5.53 Å². The molecule has 0 saturated carbocycles. The van der Waals surface area contributed by atoms with E-state index in [1.165, 1.54) is 6.08 Å². The molecule has 3 heteroatoms. The zero-order valence-electron chi connectivity index (χ0n) is 5.46. The van der Waals surface area contributed by atoms with Crippen LogP contribution in [0, 0.1) is 0 Å². The summed E-state index contributed by atoms with van der Waals surface area (Å²) in [5.41, 5.74) is 8.76. The summed E-state index contributed by atoms with van der Waals surface area (Å²) in [5.74, 6) is -0.294. The highest BCUT2D eigenvalue weighted by Gasteiger charge is 1.93. The van der Waals surface area contributed by atoms with Crippen LogP contribution >= 0.6 is 0 Å². The van der Waals surface area contributed by atoms with Crippen LogP contribution in [0.4, 0.5) is 0 Å². The second-order valence-corrected chi connectivity index (χ2v) is 1.87. The fourth-order valence-electron chi connectivity index (χ4n) is 0.379. The van der Waals surface area contributed by atoms with Crippen molar-refractivity contribution in [3.05, 3.63) is 17.2 Å². The second-order valence-electron chi connectivity index (χ2n) is 1.87. The normalized spacial score (nSPS) is 7.33. The predicted molar refractivity (Wildman–Crippen MR) is 34.1 cm³/mol. The molecule has 0 aliphatic carbocycles. The Balaban J connectivity index is 4.08. The van der Waals surface area contributed by atoms with Crippen LogP contribution in [-0.2, 0) is 4.79 Å². The van der Waals surface area contributed by atoms with Gasteiger partial charge in [0.2, 0.25) is 0 Å². The molecule has 48 valence electrons. The van der Waals surface area contributed by atoms with Crippen LogP contribution in [0.15, 0.2) is 11.6 Å². The molecule has 0 spiro atoms. The Kier molecular flexibility index (Phi) is 3.25. The van der Waals surface area contributed by atoms with Crippen LogP contribution in [-0.4, -0.2) is 16.8 Å². The lowest BCUT2D eigenvalue weighted by molar-refractivity contribution is -0.111. The van der Waals surface area contributed by atoms with Gasteiger partial charge in [0.15, 0.2) is 0 Å². The van der Waals surface area contributed by atoms with Gasteiger partial charge < -0.3 is 5.53 Å². The largest absolute Gasteiger partial charge is 0.361 e. The molecule has 0 rings (SSSR count). The summed E-state index contributed by atoms with van der Waals surface area (Å²) in [6.45, 7) is 3.59. The monoisotopic (exact) mass is 124 g/mol. The standard InChI is InChI=1S/C6H8N2O/c1-5(2)3-6(9)4-8-7/h3-4H,1-2H3. The molecule has 0 aromatic heterocycles. The number of rotatable bonds is 2. The molecule has 0 aliphatic heterocycles. The maximum absolute atomic E-state index is 10.5. The van der Waals surface area contributed by atoms with E-state index >= 15 is 0 Å². The zero-order valence-corrected chi connectivity index (χ0v) is 5.46. The van der Waals surface area contributed by atoms with Gasteiger partial charge in [-0.15, -0.1) is 0 Å². The Bertz CT molecular complexity index is 183. The molecule has 3 nitrogen and oxygen atoms in total. The summed E-state index contributed by atoms with van der Waals surface area (Å²) in [6, 6.07) is 0. The van der Waals surface area contributed by atoms with Gasteiger partial charge in [-0.1, -0.05) is 5.57 Å². The number of hydrogen-bond acceptors (Lipinski definition) is 1. The molecule has 0 heterocycles. The number of hydrogen-bond donors (Lipinski definition) is 0. The van der Waals surface area contributed by atoms with E-state index in [1.807, 2.05) is 0 Å². The van der Waals surface area contributed by atoms with Crippen LogP contribution in [0.5, 0.6) is 0 Å². The minimum absolute atomic E-state index is 0.294. The fourth-order valence-corrected chi connectivity index (χ4v) is 0.379. The zero-order chi connectivity index (χ0) is 7.28. The van der Waals surface area contributed by atoms with E-state index in [9.17, 15) is 4.79 Å². The van der Waals surface area contributed by atoms with Crippen molar-refractivity contribution in [1.29, 1.82) is 0 Å². The lowest BCUT2D eigenvalue weighted by Gasteiger charge is -1.78. The third kappa shape index (κ3) is 4.65. The Labute approximate surface area is 53.6 Å². The first-order valence-electron chi connectivity index (χ1n) is 2.53. The van der Waals surface area contributed by atoms with Crippen molar-refractivity contribution in [3.8, 4) is 0 Å². The number of carbonyl (C=O) groups is 1. The third-order valence-electron chi connectivity index (χ3n) is 0.616. The molecule has 0 atom stereocenters. The van der Waals surface area contributed by atoms with Crippen molar-refractivity contribution in [2.45, 2.75) is 13.8 Å². The molecule has 0 bridgehead atoms. The van der Waals surface area contributed by atoms with Crippen molar-refractivity contribution >= 4 is 12.0 Å². The average molecular weight is 124 g/mol. The van der Waals surface area contributed by atoms with Gasteiger partial charge >= 0.3 is 6.21 Å². The molecular formula is C6H8N2O. The van der Waals surface area contributed by atoms with Gasteiger partial charge in [-0.3, -0.25) is 4.79 Å². The van der Waals surface area contributed by atoms with Crippen LogP contribution in [0.1, 0.15) is 13.8 Å². The summed E-state index contributed by atoms with van der Waals surface area (Å²) in [4.78, 5) is 13.0. The minimum Gasteiger partial charge on any atom is -0.361 e. The molecule has 0 N–H and O–H groups in total. The molecule has 0 fully saturated rings. The highest BCUT2D eigenvalue weighted by atomic mass is 16.1. The van der Waals surface area contributed by atoms with E-state index in [-0.39, 0.29) is 5.78 Å². The molecular weight excluding hydrogens is 116 g/mol. The number of allylic oxidation sites excluding steroid dienone is 2. The van der Waals surface area contributed by atoms with E-state index in [1.54, 1.807) is 13.8 Å². The summed E-state index contributed by atoms with van der Waals surface area (Å²) >= 11 is 0. The Morgan fingerprint density at radius 3 is 2.44 bits per heavy atom. The first kappa shape index (κ1) is 7.79. The van der Waals surface area contributed by atoms with Crippen LogP contribution < -0.4 is 0 Å². The molecule has 0 amide bonds. The van der Waals surface area contributed by atoms with Gasteiger partial charge in [0.1, 0.15) is 0 Å². The first-order chi connectivity index (χ1) is 4.16. The van der Waals surface area contributed by atoms with Crippen molar-refractivity contribution in [1.82, 2.24) is 0 Å². The summed E-state index contributed by atoms with van der Waals surface area (Å²) < 4.78 is 0.